The van der Waals surface area contributed by atoms with Gasteiger partial charge < -0.3 is 5.11 Å². The van der Waals surface area contributed by atoms with Crippen molar-refractivity contribution in [2.45, 2.75) is 12.4 Å². The number of likely N-dealkylation sites (N-methyl/N-ethyl adjacent to an activating group) is 1. The van der Waals surface area contributed by atoms with Crippen LogP contribution >= 0.6 is 35.5 Å². The predicted molar refractivity (Wildman–Crippen MR) is 57.7 cm³/mol. The number of aliphatic hydroxyl groups is 1. The van der Waals surface area contributed by atoms with E-state index in [1.807, 2.05) is 27.1 Å². The van der Waals surface area contributed by atoms with E-state index in [-0.39, 0.29) is 6.17 Å². The maximum atomic E-state index is 9.56. The largest absolute Gasteiger partial charge is 0.374 e. The normalized spacial score (nSPS) is 35.8. The number of nitrogens with zero attached hydrogens (tertiary/aromatic N) is 2. The number of hydrogen-bond acceptors (Lipinski definition) is 5. The first-order valence-electron chi connectivity index (χ1n) is 3.76. The molecule has 13 heavy (non-hydrogen) atoms. The summed E-state index contributed by atoms with van der Waals surface area (Å²) in [6, 6.07) is 0. The molecule has 2 unspecified atom stereocenters. The zero-order valence-electron chi connectivity index (χ0n) is 6.92. The van der Waals surface area contributed by atoms with Crippen LogP contribution in [-0.2, 0) is 0 Å². The molecule has 0 saturated heterocycles. The van der Waals surface area contributed by atoms with E-state index in [0.29, 0.717) is 0 Å². The summed E-state index contributed by atoms with van der Waals surface area (Å²) in [5, 5.41) is 11.4. The number of halogens is 1. The van der Waals surface area contributed by atoms with Crippen LogP contribution in [0.3, 0.4) is 0 Å². The molecule has 1 N–H and O–H groups in total. The van der Waals surface area contributed by atoms with Gasteiger partial charge in [0, 0.05) is 0 Å². The van der Waals surface area contributed by atoms with Gasteiger partial charge in [0.15, 0.2) is 0 Å². The maximum Gasteiger partial charge on any atom is 0.138 e. The number of aliphatic hydroxyl groups excluding tert-OH is 1. The molecule has 2 heterocycles. The molecule has 2 atom stereocenters. The second-order valence-corrected chi connectivity index (χ2v) is 5.46. The summed E-state index contributed by atoms with van der Waals surface area (Å²) in [6.07, 6.45) is 3.22. The van der Waals surface area contributed by atoms with Gasteiger partial charge in [-0.2, -0.15) is 4.31 Å². The Morgan fingerprint density at radius 2 is 2.38 bits per heavy atom. The second-order valence-electron chi connectivity index (χ2n) is 2.73. The van der Waals surface area contributed by atoms with Gasteiger partial charge in [-0.25, -0.2) is 4.31 Å². The zero-order chi connectivity index (χ0) is 9.42. The molecule has 0 fully saturated rings. The van der Waals surface area contributed by atoms with E-state index in [0.717, 1.165) is 4.36 Å². The van der Waals surface area contributed by atoms with Crippen molar-refractivity contribution in [3.8, 4) is 0 Å². The summed E-state index contributed by atoms with van der Waals surface area (Å²) in [6.45, 7) is 0. The Bertz CT molecular complexity index is 271. The molecule has 0 bridgehead atoms. The molecule has 2 aliphatic heterocycles. The van der Waals surface area contributed by atoms with E-state index in [9.17, 15) is 5.11 Å². The van der Waals surface area contributed by atoms with Crippen molar-refractivity contribution in [2.24, 2.45) is 0 Å². The summed E-state index contributed by atoms with van der Waals surface area (Å²) in [7, 11) is 1.95. The summed E-state index contributed by atoms with van der Waals surface area (Å²) in [5.41, 5.74) is 0. The van der Waals surface area contributed by atoms with Crippen molar-refractivity contribution in [3.63, 3.8) is 0 Å². The lowest BCUT2D eigenvalue weighted by molar-refractivity contribution is 0.0805. The fourth-order valence-electron chi connectivity index (χ4n) is 1.22. The third kappa shape index (κ3) is 1.91. The molecule has 0 saturated carbocycles. The van der Waals surface area contributed by atoms with E-state index in [4.69, 9.17) is 11.6 Å². The Kier molecular flexibility index (Phi) is 2.92. The second kappa shape index (κ2) is 3.84. The smallest absolute Gasteiger partial charge is 0.138 e. The van der Waals surface area contributed by atoms with Crippen LogP contribution in [0.4, 0.5) is 0 Å². The summed E-state index contributed by atoms with van der Waals surface area (Å²) in [4.78, 5) is 0. The zero-order valence-corrected chi connectivity index (χ0v) is 9.31. The van der Waals surface area contributed by atoms with Crippen LogP contribution in [-0.4, -0.2) is 33.2 Å². The molecule has 0 aliphatic carbocycles. The molecular weight excluding hydrogens is 228 g/mol. The Morgan fingerprint density at radius 1 is 1.62 bits per heavy atom. The van der Waals surface area contributed by atoms with Crippen LogP contribution < -0.4 is 0 Å². The van der Waals surface area contributed by atoms with E-state index in [1.165, 1.54) is 23.9 Å². The molecule has 72 valence electrons. The first-order valence-corrected chi connectivity index (χ1v) is 5.75. The van der Waals surface area contributed by atoms with Crippen molar-refractivity contribution in [1.29, 1.82) is 0 Å². The van der Waals surface area contributed by atoms with E-state index in [1.54, 1.807) is 6.08 Å². The van der Waals surface area contributed by atoms with Crippen LogP contribution in [0.5, 0.6) is 0 Å². The minimum Gasteiger partial charge on any atom is -0.374 e. The van der Waals surface area contributed by atoms with Crippen molar-refractivity contribution < 1.29 is 5.11 Å². The third-order valence-corrected chi connectivity index (χ3v) is 3.94. The van der Waals surface area contributed by atoms with Gasteiger partial charge in [-0.15, -0.1) is 0 Å². The molecule has 0 aromatic heterocycles. The standard InChI is InChI=1S/C7H9ClN2OS2/c1-9-6(4-5(8)13-9)10-7(11)2-3-12-10/h2-4,6-7,11H,1H3. The third-order valence-electron chi connectivity index (χ3n) is 1.84. The van der Waals surface area contributed by atoms with Gasteiger partial charge in [0.05, 0.1) is 4.36 Å². The first-order chi connectivity index (χ1) is 6.18. The molecule has 2 rings (SSSR count). The van der Waals surface area contributed by atoms with Crippen molar-refractivity contribution in [1.82, 2.24) is 8.61 Å². The Morgan fingerprint density at radius 3 is 2.85 bits per heavy atom. The van der Waals surface area contributed by atoms with Crippen LogP contribution in [0.25, 0.3) is 0 Å². The fourth-order valence-corrected chi connectivity index (χ4v) is 3.32. The highest BCUT2D eigenvalue weighted by molar-refractivity contribution is 8.02. The lowest BCUT2D eigenvalue weighted by Crippen LogP contribution is -2.39. The molecule has 6 heteroatoms. The van der Waals surface area contributed by atoms with Gasteiger partial charge in [-0.3, -0.25) is 0 Å². The molecule has 0 aromatic rings. The van der Waals surface area contributed by atoms with Gasteiger partial charge in [0.1, 0.15) is 12.4 Å². The van der Waals surface area contributed by atoms with E-state index >= 15 is 0 Å². The van der Waals surface area contributed by atoms with Gasteiger partial charge in [0.25, 0.3) is 0 Å². The molecule has 0 amide bonds. The average Bonchev–Trinajstić information content (AvgIpc) is 2.58. The van der Waals surface area contributed by atoms with Crippen LogP contribution in [0.2, 0.25) is 0 Å². The SMILES string of the molecule is CN1SC(Cl)=CC1N1SC=CC1O. The molecule has 0 spiro atoms. The van der Waals surface area contributed by atoms with Crippen LogP contribution in [0.1, 0.15) is 0 Å². The summed E-state index contributed by atoms with van der Waals surface area (Å²) >= 11 is 8.85. The van der Waals surface area contributed by atoms with Crippen LogP contribution in [0.15, 0.2) is 21.9 Å². The highest BCUT2D eigenvalue weighted by Crippen LogP contribution is 2.39. The van der Waals surface area contributed by atoms with Gasteiger partial charge in [0.2, 0.25) is 0 Å². The summed E-state index contributed by atoms with van der Waals surface area (Å²) < 4.78 is 4.64. The minimum atomic E-state index is -0.517. The van der Waals surface area contributed by atoms with Crippen molar-refractivity contribution in [3.05, 3.63) is 21.9 Å². The molecule has 3 nitrogen and oxygen atoms in total. The Hall–Kier alpha value is 0.350. The number of rotatable bonds is 1. The lowest BCUT2D eigenvalue weighted by atomic mass is 10.4. The van der Waals surface area contributed by atoms with Crippen LogP contribution in [0, 0.1) is 0 Å². The Labute approximate surface area is 90.7 Å². The first kappa shape index (κ1) is 9.89. The van der Waals surface area contributed by atoms with E-state index < -0.39 is 6.23 Å². The topological polar surface area (TPSA) is 26.7 Å². The van der Waals surface area contributed by atoms with Gasteiger partial charge >= 0.3 is 0 Å². The molecule has 0 aromatic carbocycles. The van der Waals surface area contributed by atoms with Crippen molar-refractivity contribution >= 4 is 35.5 Å². The fraction of sp³-hybridized carbons (Fsp3) is 0.429. The molecular formula is C7H9ClN2OS2. The van der Waals surface area contributed by atoms with Gasteiger partial charge in [-0.05, 0) is 48.5 Å². The highest BCUT2D eigenvalue weighted by atomic mass is 35.5. The monoisotopic (exact) mass is 236 g/mol. The summed E-state index contributed by atoms with van der Waals surface area (Å²) in [5.74, 6) is 0. The predicted octanol–water partition coefficient (Wildman–Crippen LogP) is 1.78. The van der Waals surface area contributed by atoms with Gasteiger partial charge in [-0.1, -0.05) is 11.6 Å². The minimum absolute atomic E-state index is 0.0625. The molecule has 2 aliphatic rings. The maximum absolute atomic E-state index is 9.56. The highest BCUT2D eigenvalue weighted by Gasteiger charge is 2.32. The molecule has 0 radical (unpaired) electrons. The van der Waals surface area contributed by atoms with E-state index in [2.05, 4.69) is 0 Å². The lowest BCUT2D eigenvalue weighted by Gasteiger charge is -2.28. The quantitative estimate of drug-likeness (QED) is 0.701. The average molecular weight is 237 g/mol. The Balaban J connectivity index is 2.09. The number of hydrogen-bond donors (Lipinski definition) is 1. The van der Waals surface area contributed by atoms with Crippen molar-refractivity contribution in [2.75, 3.05) is 7.05 Å².